The molecule has 1 saturated heterocycles. The zero-order valence-corrected chi connectivity index (χ0v) is 27.1. The fraction of sp³-hybridized carbons (Fsp3) is 0.583. The van der Waals surface area contributed by atoms with E-state index in [1.807, 2.05) is 18.2 Å². The number of fused-ring (bicyclic) bond motifs is 1. The molecule has 3 aliphatic rings. The topological polar surface area (TPSA) is 101 Å². The molecule has 236 valence electrons. The molecule has 0 bridgehead atoms. The predicted octanol–water partition coefficient (Wildman–Crippen LogP) is 7.06. The van der Waals surface area contributed by atoms with Crippen LogP contribution < -0.4 is 16.0 Å². The van der Waals surface area contributed by atoms with Gasteiger partial charge in [-0.2, -0.15) is 4.98 Å². The highest BCUT2D eigenvalue weighted by molar-refractivity contribution is 5.91. The molecule has 2 fully saturated rings. The molecule has 3 heterocycles. The summed E-state index contributed by atoms with van der Waals surface area (Å²) in [4.78, 5) is 22.2. The lowest BCUT2D eigenvalue weighted by molar-refractivity contribution is 0.0896. The SMILES string of the molecule is Cc1cc2c(cc1Cc1ccc(C(=O)NC3CCCC(Nc4ccnc(NCC5CCCO5)n4)C3)o1)C(C)(C)CCC2(C)C. The van der Waals surface area contributed by atoms with E-state index in [0.717, 1.165) is 63.3 Å². The summed E-state index contributed by atoms with van der Waals surface area (Å²) in [5.41, 5.74) is 5.83. The molecule has 3 N–H and O–H groups in total. The van der Waals surface area contributed by atoms with Gasteiger partial charge in [-0.25, -0.2) is 4.98 Å². The molecule has 3 aromatic rings. The number of nitrogens with zero attached hydrogens (tertiary/aromatic N) is 2. The molecule has 44 heavy (non-hydrogen) atoms. The fourth-order valence-corrected chi connectivity index (χ4v) is 7.19. The van der Waals surface area contributed by atoms with Gasteiger partial charge in [0.25, 0.3) is 5.91 Å². The molecule has 0 radical (unpaired) electrons. The van der Waals surface area contributed by atoms with Gasteiger partial charge in [-0.15, -0.1) is 0 Å². The largest absolute Gasteiger partial charge is 0.456 e. The van der Waals surface area contributed by atoms with Crippen molar-refractivity contribution in [2.24, 2.45) is 0 Å². The van der Waals surface area contributed by atoms with Crippen molar-refractivity contribution in [2.45, 2.75) is 121 Å². The summed E-state index contributed by atoms with van der Waals surface area (Å²) in [5, 5.41) is 10.1. The van der Waals surface area contributed by atoms with Gasteiger partial charge in [0.2, 0.25) is 5.95 Å². The number of anilines is 2. The number of aryl methyl sites for hydroxylation is 1. The highest BCUT2D eigenvalue weighted by atomic mass is 16.5. The molecule has 1 amide bonds. The molecular formula is C36H49N5O3. The van der Waals surface area contributed by atoms with Gasteiger partial charge in [-0.3, -0.25) is 4.79 Å². The number of ether oxygens (including phenoxy) is 1. The highest BCUT2D eigenvalue weighted by Gasteiger charge is 2.37. The Morgan fingerprint density at radius 3 is 2.52 bits per heavy atom. The smallest absolute Gasteiger partial charge is 0.287 e. The number of benzene rings is 1. The van der Waals surface area contributed by atoms with Crippen LogP contribution in [0.25, 0.3) is 0 Å². The van der Waals surface area contributed by atoms with Crippen LogP contribution in [0.3, 0.4) is 0 Å². The standard InChI is InChI=1S/C36H49N5O3/c1-23-18-29-30(36(4,5)15-14-35(29,2)3)20-24(23)19-27-11-12-31(44-27)33(42)40-26-9-6-8-25(21-26)39-32-13-16-37-34(41-32)38-22-28-10-7-17-43-28/h11-13,16,18,20,25-26,28H,6-10,14-15,17,19,21-22H2,1-5H3,(H,40,42)(H2,37,38,39,41). The Morgan fingerprint density at radius 2 is 1.75 bits per heavy atom. The van der Waals surface area contributed by atoms with E-state index >= 15 is 0 Å². The van der Waals surface area contributed by atoms with Crippen molar-refractivity contribution < 1.29 is 13.9 Å². The monoisotopic (exact) mass is 599 g/mol. The maximum absolute atomic E-state index is 13.2. The second-order valence-electron chi connectivity index (χ2n) is 14.5. The first-order valence-corrected chi connectivity index (χ1v) is 16.5. The number of hydrogen-bond donors (Lipinski definition) is 3. The zero-order valence-electron chi connectivity index (χ0n) is 27.1. The summed E-state index contributed by atoms with van der Waals surface area (Å²) in [6.45, 7) is 13.2. The molecule has 1 aliphatic heterocycles. The van der Waals surface area contributed by atoms with E-state index in [1.165, 1.54) is 35.1 Å². The van der Waals surface area contributed by atoms with Crippen LogP contribution >= 0.6 is 0 Å². The first-order valence-electron chi connectivity index (χ1n) is 16.5. The maximum atomic E-state index is 13.2. The molecule has 2 aromatic heterocycles. The van der Waals surface area contributed by atoms with E-state index in [-0.39, 0.29) is 34.9 Å². The fourth-order valence-electron chi connectivity index (χ4n) is 7.19. The predicted molar refractivity (Wildman–Crippen MR) is 175 cm³/mol. The minimum atomic E-state index is -0.144. The molecule has 3 atom stereocenters. The molecule has 6 rings (SSSR count). The number of carbonyl (C=O) groups is 1. The lowest BCUT2D eigenvalue weighted by Gasteiger charge is -2.42. The van der Waals surface area contributed by atoms with Gasteiger partial charge in [-0.1, -0.05) is 39.8 Å². The Labute approximate surface area is 262 Å². The molecular weight excluding hydrogens is 550 g/mol. The first kappa shape index (κ1) is 30.6. The second-order valence-corrected chi connectivity index (χ2v) is 14.5. The van der Waals surface area contributed by atoms with E-state index in [2.05, 4.69) is 72.7 Å². The molecule has 1 saturated carbocycles. The average molecular weight is 600 g/mol. The quantitative estimate of drug-likeness (QED) is 0.242. The normalized spacial score (nSPS) is 24.0. The summed E-state index contributed by atoms with van der Waals surface area (Å²) in [6.07, 6.45) is 11.1. The Bertz CT molecular complexity index is 1470. The van der Waals surface area contributed by atoms with Crippen molar-refractivity contribution in [3.8, 4) is 0 Å². The van der Waals surface area contributed by atoms with Crippen LogP contribution in [0.1, 0.15) is 118 Å². The van der Waals surface area contributed by atoms with Crippen LogP contribution in [0, 0.1) is 6.92 Å². The number of rotatable bonds is 9. The number of carbonyl (C=O) groups excluding carboxylic acids is 1. The van der Waals surface area contributed by atoms with Crippen LogP contribution in [0.2, 0.25) is 0 Å². The van der Waals surface area contributed by atoms with Crippen LogP contribution in [-0.2, 0) is 22.0 Å². The number of aromatic nitrogens is 2. The minimum absolute atomic E-state index is 0.0784. The zero-order chi connectivity index (χ0) is 30.9. The molecule has 8 nitrogen and oxygen atoms in total. The van der Waals surface area contributed by atoms with Crippen molar-refractivity contribution >= 4 is 17.7 Å². The highest BCUT2D eigenvalue weighted by Crippen LogP contribution is 2.46. The first-order chi connectivity index (χ1) is 21.1. The second kappa shape index (κ2) is 12.5. The number of amides is 1. The summed E-state index contributed by atoms with van der Waals surface area (Å²) in [6, 6.07) is 10.8. The Morgan fingerprint density at radius 1 is 0.977 bits per heavy atom. The van der Waals surface area contributed by atoms with Gasteiger partial charge in [0.1, 0.15) is 11.6 Å². The number of furan rings is 1. The van der Waals surface area contributed by atoms with Crippen LogP contribution in [0.5, 0.6) is 0 Å². The summed E-state index contributed by atoms with van der Waals surface area (Å²) in [5.74, 6) is 2.46. The molecule has 3 unspecified atom stereocenters. The van der Waals surface area contributed by atoms with Crippen LogP contribution in [0.15, 0.2) is 40.9 Å². The van der Waals surface area contributed by atoms with Crippen molar-refractivity contribution in [1.29, 1.82) is 0 Å². The third-order valence-corrected chi connectivity index (χ3v) is 10.1. The molecule has 1 aromatic carbocycles. The maximum Gasteiger partial charge on any atom is 0.287 e. The third-order valence-electron chi connectivity index (χ3n) is 10.1. The molecule has 8 heteroatoms. The summed E-state index contributed by atoms with van der Waals surface area (Å²) in [7, 11) is 0. The average Bonchev–Trinajstić information content (AvgIpc) is 3.68. The summed E-state index contributed by atoms with van der Waals surface area (Å²) >= 11 is 0. The van der Waals surface area contributed by atoms with Gasteiger partial charge in [0.05, 0.1) is 6.10 Å². The van der Waals surface area contributed by atoms with Crippen molar-refractivity contribution in [3.05, 3.63) is 70.3 Å². The lowest BCUT2D eigenvalue weighted by Crippen LogP contribution is -2.41. The van der Waals surface area contributed by atoms with Crippen molar-refractivity contribution in [3.63, 3.8) is 0 Å². The van der Waals surface area contributed by atoms with Gasteiger partial charge < -0.3 is 25.1 Å². The van der Waals surface area contributed by atoms with Gasteiger partial charge in [0.15, 0.2) is 5.76 Å². The Kier molecular flexibility index (Phi) is 8.73. The van der Waals surface area contributed by atoms with Crippen LogP contribution in [-0.4, -0.2) is 47.2 Å². The van der Waals surface area contributed by atoms with E-state index in [4.69, 9.17) is 9.15 Å². The summed E-state index contributed by atoms with van der Waals surface area (Å²) < 4.78 is 11.8. The molecule has 2 aliphatic carbocycles. The number of nitrogens with one attached hydrogen (secondary N) is 3. The lowest BCUT2D eigenvalue weighted by atomic mass is 9.62. The molecule has 0 spiro atoms. The van der Waals surface area contributed by atoms with Crippen molar-refractivity contribution in [1.82, 2.24) is 15.3 Å². The van der Waals surface area contributed by atoms with Crippen molar-refractivity contribution in [2.75, 3.05) is 23.8 Å². The third kappa shape index (κ3) is 6.96. The van der Waals surface area contributed by atoms with E-state index in [0.29, 0.717) is 18.1 Å². The van der Waals surface area contributed by atoms with Gasteiger partial charge in [-0.05, 0) is 110 Å². The van der Waals surface area contributed by atoms with Gasteiger partial charge >= 0.3 is 0 Å². The minimum Gasteiger partial charge on any atom is -0.456 e. The van der Waals surface area contributed by atoms with Crippen LogP contribution in [0.4, 0.5) is 11.8 Å². The van der Waals surface area contributed by atoms with E-state index in [9.17, 15) is 4.79 Å². The van der Waals surface area contributed by atoms with E-state index in [1.54, 1.807) is 6.20 Å². The number of hydrogen-bond acceptors (Lipinski definition) is 7. The van der Waals surface area contributed by atoms with E-state index < -0.39 is 0 Å². The van der Waals surface area contributed by atoms with Gasteiger partial charge in [0, 0.05) is 37.9 Å². The Hall–Kier alpha value is -3.39. The Balaban J connectivity index is 1.04.